The Morgan fingerprint density at radius 3 is 2.52 bits per heavy atom. The predicted molar refractivity (Wildman–Crippen MR) is 135 cm³/mol. The number of aliphatic hydroxyl groups is 1. The van der Waals surface area contributed by atoms with Gasteiger partial charge in [-0.2, -0.15) is 0 Å². The highest BCUT2D eigenvalue weighted by Gasteiger charge is 2.59. The first kappa shape index (κ1) is 24.8. The third-order valence-electron chi connectivity index (χ3n) is 10.3. The number of carbonyl (C=O) groups excluding carboxylic acids is 1. The van der Waals surface area contributed by atoms with Crippen molar-refractivity contribution in [2.75, 3.05) is 0 Å². The molecule has 0 aromatic heterocycles. The van der Waals surface area contributed by atoms with Gasteiger partial charge in [0, 0.05) is 18.8 Å². The van der Waals surface area contributed by atoms with Crippen molar-refractivity contribution in [1.29, 1.82) is 0 Å². The van der Waals surface area contributed by atoms with Gasteiger partial charge in [-0.05, 0) is 85.2 Å². The zero-order valence-electron chi connectivity index (χ0n) is 22.0. The normalized spacial score (nSPS) is 40.2. The molecule has 0 spiro atoms. The van der Waals surface area contributed by atoms with Gasteiger partial charge < -0.3 is 9.84 Å². The van der Waals surface area contributed by atoms with Gasteiger partial charge in [-0.25, -0.2) is 0 Å². The van der Waals surface area contributed by atoms with E-state index in [1.165, 1.54) is 25.3 Å². The maximum Gasteiger partial charge on any atom is 0.302 e. The summed E-state index contributed by atoms with van der Waals surface area (Å²) < 4.78 is 5.53. The zero-order chi connectivity index (χ0) is 24.2. The molecule has 7 atom stereocenters. The highest BCUT2D eigenvalue weighted by molar-refractivity contribution is 5.66. The molecule has 4 aliphatic rings. The van der Waals surface area contributed by atoms with E-state index in [0.717, 1.165) is 32.1 Å². The van der Waals surface area contributed by atoms with Crippen molar-refractivity contribution in [1.82, 2.24) is 0 Å². The van der Waals surface area contributed by atoms with Gasteiger partial charge in [0.05, 0.1) is 5.60 Å². The fourth-order valence-corrected chi connectivity index (χ4v) is 7.68. The lowest BCUT2D eigenvalue weighted by Gasteiger charge is -2.58. The van der Waals surface area contributed by atoms with E-state index in [1.54, 1.807) is 11.1 Å². The average molecular weight is 455 g/mol. The third kappa shape index (κ3) is 4.07. The van der Waals surface area contributed by atoms with E-state index in [0.29, 0.717) is 30.1 Å². The molecule has 4 rings (SSSR count). The molecular weight excluding hydrogens is 408 g/mol. The van der Waals surface area contributed by atoms with Crippen molar-refractivity contribution in [3.8, 4) is 0 Å². The van der Waals surface area contributed by atoms with Crippen LogP contribution < -0.4 is 0 Å². The van der Waals surface area contributed by atoms with Crippen LogP contribution in [0.4, 0.5) is 0 Å². The smallest absolute Gasteiger partial charge is 0.302 e. The summed E-state index contributed by atoms with van der Waals surface area (Å²) in [5, 5.41) is 11.8. The lowest BCUT2D eigenvalue weighted by molar-refractivity contribution is -0.166. The fraction of sp³-hybridized carbons (Fsp3) is 0.767. The van der Waals surface area contributed by atoms with E-state index in [4.69, 9.17) is 4.74 Å². The van der Waals surface area contributed by atoms with E-state index in [2.05, 4.69) is 59.8 Å². The van der Waals surface area contributed by atoms with E-state index >= 15 is 0 Å². The van der Waals surface area contributed by atoms with Gasteiger partial charge in [0.15, 0.2) is 0 Å². The van der Waals surface area contributed by atoms with Crippen molar-refractivity contribution >= 4 is 5.97 Å². The van der Waals surface area contributed by atoms with Crippen molar-refractivity contribution in [2.24, 2.45) is 34.5 Å². The molecule has 0 radical (unpaired) electrons. The molecule has 0 aromatic carbocycles. The van der Waals surface area contributed by atoms with E-state index < -0.39 is 5.60 Å². The Bertz CT molecular complexity index is 879. The summed E-state index contributed by atoms with van der Waals surface area (Å²) in [7, 11) is 0. The molecule has 33 heavy (non-hydrogen) atoms. The quantitative estimate of drug-likeness (QED) is 0.354. The molecule has 4 aliphatic carbocycles. The number of hydrogen-bond acceptors (Lipinski definition) is 3. The average Bonchev–Trinajstić information content (AvgIpc) is 3.09. The number of fused-ring (bicyclic) bond motifs is 4. The molecule has 0 aliphatic heterocycles. The standard InChI is InChI=1S/C30H46O3/c1-19(2)20(3)8-9-21(4)25-10-11-26-24-13-17-30(32)18-23(33-22(5)31)12-16-29(30,7)27(24)14-15-28(25,26)6/h8-9,11,19-21,23,25,32H,10,12-18H2,1-7H3/b9-8+/t20-,21+,23?,25?,28?,29?,30+/m0/s1. The Labute approximate surface area is 201 Å². The molecule has 0 amide bonds. The molecule has 0 saturated heterocycles. The lowest BCUT2D eigenvalue weighted by Crippen LogP contribution is -2.56. The molecule has 0 heterocycles. The molecule has 184 valence electrons. The molecule has 0 bridgehead atoms. The third-order valence-corrected chi connectivity index (χ3v) is 10.3. The number of hydrogen-bond donors (Lipinski definition) is 1. The minimum atomic E-state index is -0.764. The number of allylic oxidation sites excluding steroid dienone is 5. The summed E-state index contributed by atoms with van der Waals surface area (Å²) in [4.78, 5) is 11.5. The number of carbonyl (C=O) groups is 1. The number of ether oxygens (including phenoxy) is 1. The minimum Gasteiger partial charge on any atom is -0.462 e. The van der Waals surface area contributed by atoms with Crippen LogP contribution in [0.2, 0.25) is 0 Å². The van der Waals surface area contributed by atoms with Crippen LogP contribution in [0.25, 0.3) is 0 Å². The van der Waals surface area contributed by atoms with Crippen molar-refractivity contribution in [2.45, 2.75) is 112 Å². The summed E-state index contributed by atoms with van der Waals surface area (Å²) in [5.74, 6) is 2.30. The summed E-state index contributed by atoms with van der Waals surface area (Å²) >= 11 is 0. The molecular formula is C30H46O3. The molecule has 3 nitrogen and oxygen atoms in total. The summed E-state index contributed by atoms with van der Waals surface area (Å²) in [6.45, 7) is 15.6. The number of rotatable bonds is 5. The Morgan fingerprint density at radius 1 is 1.12 bits per heavy atom. The molecule has 3 heteroatoms. The summed E-state index contributed by atoms with van der Waals surface area (Å²) in [6.07, 6.45) is 14.8. The van der Waals surface area contributed by atoms with E-state index in [-0.39, 0.29) is 22.9 Å². The van der Waals surface area contributed by atoms with Crippen LogP contribution >= 0.6 is 0 Å². The van der Waals surface area contributed by atoms with Crippen LogP contribution in [-0.4, -0.2) is 22.8 Å². The topological polar surface area (TPSA) is 46.5 Å². The Morgan fingerprint density at radius 2 is 1.85 bits per heavy atom. The largest absolute Gasteiger partial charge is 0.462 e. The van der Waals surface area contributed by atoms with Gasteiger partial charge in [0.1, 0.15) is 6.10 Å². The van der Waals surface area contributed by atoms with Crippen LogP contribution in [0.3, 0.4) is 0 Å². The van der Waals surface area contributed by atoms with E-state index in [9.17, 15) is 9.90 Å². The maximum atomic E-state index is 11.8. The van der Waals surface area contributed by atoms with Crippen LogP contribution in [0.15, 0.2) is 34.9 Å². The highest BCUT2D eigenvalue weighted by Crippen LogP contribution is 2.65. The zero-order valence-corrected chi connectivity index (χ0v) is 22.0. The first-order valence-electron chi connectivity index (χ1n) is 13.4. The van der Waals surface area contributed by atoms with E-state index in [1.807, 2.05) is 0 Å². The fourth-order valence-electron chi connectivity index (χ4n) is 7.68. The predicted octanol–water partition coefficient (Wildman–Crippen LogP) is 7.16. The Balaban J connectivity index is 1.58. The first-order chi connectivity index (χ1) is 15.4. The van der Waals surface area contributed by atoms with Crippen molar-refractivity contribution in [3.63, 3.8) is 0 Å². The lowest BCUT2D eigenvalue weighted by atomic mass is 9.50. The SMILES string of the molecule is CC(=O)OC1CCC2(C)C3=C(CC[C@@]2(O)C1)C1=CCC([C@H](C)/C=C/[C@H](C)C(C)C)C1(C)CC3. The monoisotopic (exact) mass is 454 g/mol. The van der Waals surface area contributed by atoms with Crippen molar-refractivity contribution in [3.05, 3.63) is 34.9 Å². The van der Waals surface area contributed by atoms with Gasteiger partial charge in [0.2, 0.25) is 0 Å². The van der Waals surface area contributed by atoms with Crippen LogP contribution in [-0.2, 0) is 9.53 Å². The molecule has 0 aromatic rings. The summed E-state index contributed by atoms with van der Waals surface area (Å²) in [5.41, 5.74) is 3.95. The highest BCUT2D eigenvalue weighted by atomic mass is 16.5. The van der Waals surface area contributed by atoms with Gasteiger partial charge in [-0.3, -0.25) is 4.79 Å². The van der Waals surface area contributed by atoms with Gasteiger partial charge in [-0.1, -0.05) is 65.3 Å². The Kier molecular flexibility index (Phi) is 6.53. The first-order valence-corrected chi connectivity index (χ1v) is 13.4. The van der Waals surface area contributed by atoms with Crippen LogP contribution in [0.1, 0.15) is 99.8 Å². The maximum absolute atomic E-state index is 11.8. The molecule has 1 N–H and O–H groups in total. The van der Waals surface area contributed by atoms with Crippen molar-refractivity contribution < 1.29 is 14.6 Å². The van der Waals surface area contributed by atoms with Gasteiger partial charge >= 0.3 is 5.97 Å². The molecule has 1 saturated carbocycles. The number of esters is 1. The minimum absolute atomic E-state index is 0.146. The second kappa shape index (κ2) is 8.70. The van der Waals surface area contributed by atoms with Gasteiger partial charge in [0.25, 0.3) is 0 Å². The Hall–Kier alpha value is -1.35. The van der Waals surface area contributed by atoms with Crippen LogP contribution in [0.5, 0.6) is 0 Å². The summed E-state index contributed by atoms with van der Waals surface area (Å²) in [6, 6.07) is 0. The second-order valence-corrected chi connectivity index (χ2v) is 12.5. The van der Waals surface area contributed by atoms with Crippen LogP contribution in [0, 0.1) is 34.5 Å². The molecule has 4 unspecified atom stereocenters. The molecule has 1 fully saturated rings. The van der Waals surface area contributed by atoms with Gasteiger partial charge in [-0.15, -0.1) is 0 Å². The second-order valence-electron chi connectivity index (χ2n) is 12.5.